The molecule has 0 amide bonds. The van der Waals surface area contributed by atoms with Crippen molar-refractivity contribution < 1.29 is 14.2 Å². The van der Waals surface area contributed by atoms with Gasteiger partial charge in [0.25, 0.3) is 0 Å². The molecule has 0 aromatic heterocycles. The van der Waals surface area contributed by atoms with E-state index in [-0.39, 0.29) is 0 Å². The highest BCUT2D eigenvalue weighted by Crippen LogP contribution is 2.18. The summed E-state index contributed by atoms with van der Waals surface area (Å²) >= 11 is 0. The van der Waals surface area contributed by atoms with Gasteiger partial charge >= 0.3 is 0 Å². The minimum atomic E-state index is 0.670. The molecule has 116 valence electrons. The lowest BCUT2D eigenvalue weighted by molar-refractivity contribution is 0.0358. The summed E-state index contributed by atoms with van der Waals surface area (Å²) in [6.07, 6.45) is 3.75. The van der Waals surface area contributed by atoms with Gasteiger partial charge in [-0.2, -0.15) is 0 Å². The predicted octanol–water partition coefficient (Wildman–Crippen LogP) is 2.74. The molecular weight excluding hydrogens is 266 g/mol. The third-order valence-electron chi connectivity index (χ3n) is 3.41. The summed E-state index contributed by atoms with van der Waals surface area (Å²) < 4.78 is 16.6. The third kappa shape index (κ3) is 6.19. The maximum Gasteiger partial charge on any atom is 0.119 e. The molecule has 4 heteroatoms. The van der Waals surface area contributed by atoms with Crippen LogP contribution in [0.2, 0.25) is 0 Å². The molecular formula is C17H25NO3. The molecule has 0 saturated carbocycles. The Labute approximate surface area is 127 Å². The SMILES string of the molecule is C=CCCOc1ccc(OCCCN2CCOCC2)cc1. The van der Waals surface area contributed by atoms with Crippen molar-refractivity contribution in [3.63, 3.8) is 0 Å². The van der Waals surface area contributed by atoms with Crippen LogP contribution in [0.15, 0.2) is 36.9 Å². The molecule has 0 aliphatic carbocycles. The topological polar surface area (TPSA) is 30.9 Å². The zero-order valence-corrected chi connectivity index (χ0v) is 12.6. The van der Waals surface area contributed by atoms with Crippen molar-refractivity contribution in [2.45, 2.75) is 12.8 Å². The average molecular weight is 291 g/mol. The second kappa shape index (κ2) is 9.42. The largest absolute Gasteiger partial charge is 0.494 e. The smallest absolute Gasteiger partial charge is 0.119 e. The van der Waals surface area contributed by atoms with Crippen molar-refractivity contribution >= 4 is 0 Å². The Hall–Kier alpha value is -1.52. The summed E-state index contributed by atoms with van der Waals surface area (Å²) in [5.74, 6) is 1.77. The van der Waals surface area contributed by atoms with Gasteiger partial charge in [0.05, 0.1) is 26.4 Å². The zero-order chi connectivity index (χ0) is 14.8. The monoisotopic (exact) mass is 291 g/mol. The molecule has 4 nitrogen and oxygen atoms in total. The standard InChI is InChI=1S/C17H25NO3/c1-2-3-12-20-16-5-7-17(8-6-16)21-13-4-9-18-10-14-19-15-11-18/h2,5-8H,1,3-4,9-15H2. The summed E-state index contributed by atoms with van der Waals surface area (Å²) in [5, 5.41) is 0. The first-order valence-corrected chi connectivity index (χ1v) is 7.65. The Kier molecular flexibility index (Phi) is 7.12. The van der Waals surface area contributed by atoms with Crippen LogP contribution in [-0.2, 0) is 4.74 Å². The van der Waals surface area contributed by atoms with E-state index in [1.54, 1.807) is 0 Å². The summed E-state index contributed by atoms with van der Waals surface area (Å²) in [5.41, 5.74) is 0. The van der Waals surface area contributed by atoms with E-state index in [4.69, 9.17) is 14.2 Å². The van der Waals surface area contributed by atoms with E-state index in [1.807, 2.05) is 30.3 Å². The highest BCUT2D eigenvalue weighted by molar-refractivity contribution is 5.31. The fourth-order valence-corrected chi connectivity index (χ4v) is 2.20. The first-order chi connectivity index (χ1) is 10.4. The minimum absolute atomic E-state index is 0.670. The summed E-state index contributed by atoms with van der Waals surface area (Å²) in [6.45, 7) is 9.95. The van der Waals surface area contributed by atoms with Crippen LogP contribution >= 0.6 is 0 Å². The molecule has 1 aromatic carbocycles. The van der Waals surface area contributed by atoms with Crippen LogP contribution in [0.4, 0.5) is 0 Å². The fraction of sp³-hybridized carbons (Fsp3) is 0.529. The highest BCUT2D eigenvalue weighted by Gasteiger charge is 2.09. The molecule has 0 unspecified atom stereocenters. The van der Waals surface area contributed by atoms with Gasteiger partial charge in [0.1, 0.15) is 11.5 Å². The lowest BCUT2D eigenvalue weighted by Gasteiger charge is -2.26. The number of hydrogen-bond acceptors (Lipinski definition) is 4. The summed E-state index contributed by atoms with van der Waals surface area (Å²) in [6, 6.07) is 7.80. The maximum absolute atomic E-state index is 5.75. The Balaban J connectivity index is 1.60. The van der Waals surface area contributed by atoms with Crippen LogP contribution in [0.25, 0.3) is 0 Å². The van der Waals surface area contributed by atoms with Crippen molar-refractivity contribution in [1.82, 2.24) is 4.90 Å². The molecule has 1 heterocycles. The second-order valence-corrected chi connectivity index (χ2v) is 5.05. The number of rotatable bonds is 9. The molecule has 1 aromatic rings. The lowest BCUT2D eigenvalue weighted by Crippen LogP contribution is -2.37. The number of nitrogens with zero attached hydrogens (tertiary/aromatic N) is 1. The number of benzene rings is 1. The van der Waals surface area contributed by atoms with Crippen LogP contribution in [0.5, 0.6) is 11.5 Å². The van der Waals surface area contributed by atoms with Crippen molar-refractivity contribution in [3.8, 4) is 11.5 Å². The molecule has 0 bridgehead atoms. The Morgan fingerprint density at radius 1 is 1.05 bits per heavy atom. The van der Waals surface area contributed by atoms with E-state index < -0.39 is 0 Å². The Morgan fingerprint density at radius 3 is 2.29 bits per heavy atom. The van der Waals surface area contributed by atoms with Gasteiger partial charge in [0, 0.05) is 19.6 Å². The molecule has 1 aliphatic rings. The van der Waals surface area contributed by atoms with E-state index in [0.29, 0.717) is 6.61 Å². The second-order valence-electron chi connectivity index (χ2n) is 5.05. The van der Waals surface area contributed by atoms with Crippen molar-refractivity contribution in [1.29, 1.82) is 0 Å². The van der Waals surface area contributed by atoms with Gasteiger partial charge in [-0.15, -0.1) is 6.58 Å². The number of hydrogen-bond donors (Lipinski definition) is 0. The van der Waals surface area contributed by atoms with Crippen LogP contribution < -0.4 is 9.47 Å². The number of ether oxygens (including phenoxy) is 3. The quantitative estimate of drug-likeness (QED) is 0.517. The van der Waals surface area contributed by atoms with Crippen LogP contribution in [0.1, 0.15) is 12.8 Å². The molecule has 2 rings (SSSR count). The van der Waals surface area contributed by atoms with Crippen molar-refractivity contribution in [2.24, 2.45) is 0 Å². The highest BCUT2D eigenvalue weighted by atomic mass is 16.5. The van der Waals surface area contributed by atoms with E-state index in [1.165, 1.54) is 0 Å². The van der Waals surface area contributed by atoms with E-state index >= 15 is 0 Å². The molecule has 1 aliphatic heterocycles. The van der Waals surface area contributed by atoms with Crippen LogP contribution in [-0.4, -0.2) is 51.0 Å². The van der Waals surface area contributed by atoms with Crippen molar-refractivity contribution in [3.05, 3.63) is 36.9 Å². The van der Waals surface area contributed by atoms with Gasteiger partial charge in [0.15, 0.2) is 0 Å². The van der Waals surface area contributed by atoms with E-state index in [9.17, 15) is 0 Å². The van der Waals surface area contributed by atoms with E-state index in [0.717, 1.165) is 63.8 Å². The van der Waals surface area contributed by atoms with Gasteiger partial charge in [0.2, 0.25) is 0 Å². The van der Waals surface area contributed by atoms with Gasteiger partial charge in [-0.05, 0) is 37.1 Å². The third-order valence-corrected chi connectivity index (χ3v) is 3.41. The lowest BCUT2D eigenvalue weighted by atomic mass is 10.3. The first kappa shape index (κ1) is 15.9. The fourth-order valence-electron chi connectivity index (χ4n) is 2.20. The summed E-state index contributed by atoms with van der Waals surface area (Å²) in [4.78, 5) is 2.42. The summed E-state index contributed by atoms with van der Waals surface area (Å²) in [7, 11) is 0. The zero-order valence-electron chi connectivity index (χ0n) is 12.6. The van der Waals surface area contributed by atoms with Gasteiger partial charge < -0.3 is 14.2 Å². The first-order valence-electron chi connectivity index (χ1n) is 7.65. The molecule has 1 fully saturated rings. The molecule has 1 saturated heterocycles. The molecule has 21 heavy (non-hydrogen) atoms. The minimum Gasteiger partial charge on any atom is -0.494 e. The van der Waals surface area contributed by atoms with Crippen molar-refractivity contribution in [2.75, 3.05) is 46.1 Å². The Morgan fingerprint density at radius 2 is 1.67 bits per heavy atom. The molecule has 0 N–H and O–H groups in total. The van der Waals surface area contributed by atoms with Gasteiger partial charge in [-0.1, -0.05) is 6.08 Å². The number of morpholine rings is 1. The molecule has 0 radical (unpaired) electrons. The van der Waals surface area contributed by atoms with Gasteiger partial charge in [-0.3, -0.25) is 4.90 Å². The van der Waals surface area contributed by atoms with Crippen LogP contribution in [0, 0.1) is 0 Å². The molecule has 0 spiro atoms. The average Bonchev–Trinajstić information content (AvgIpc) is 2.54. The maximum atomic E-state index is 5.75. The predicted molar refractivity (Wildman–Crippen MR) is 84.1 cm³/mol. The van der Waals surface area contributed by atoms with Gasteiger partial charge in [-0.25, -0.2) is 0 Å². The Bertz CT molecular complexity index is 399. The molecule has 0 atom stereocenters. The normalized spacial score (nSPS) is 15.6. The van der Waals surface area contributed by atoms with Crippen LogP contribution in [0.3, 0.4) is 0 Å². The van der Waals surface area contributed by atoms with E-state index in [2.05, 4.69) is 11.5 Å².